The number of hydrogen-bond acceptors (Lipinski definition) is 4. The fourth-order valence-corrected chi connectivity index (χ4v) is 1.76. The summed E-state index contributed by atoms with van der Waals surface area (Å²) in [7, 11) is -4.17. The maximum atomic E-state index is 10.7. The molecule has 16 heavy (non-hydrogen) atoms. The molecule has 0 bridgehead atoms. The molecule has 0 atom stereocenters. The van der Waals surface area contributed by atoms with Gasteiger partial charge in [0.25, 0.3) is 10.1 Å². The van der Waals surface area contributed by atoms with Gasteiger partial charge in [0.05, 0.1) is 4.90 Å². The zero-order valence-electron chi connectivity index (χ0n) is 7.38. The summed E-state index contributed by atoms with van der Waals surface area (Å²) >= 11 is 0.947. The molecule has 1 rings (SSSR count). The van der Waals surface area contributed by atoms with Crippen LogP contribution < -0.4 is 10.5 Å². The fourth-order valence-electron chi connectivity index (χ4n) is 0.789. The Morgan fingerprint density at radius 1 is 1.31 bits per heavy atom. The molecule has 0 aliphatic heterocycles. The number of amides is 2. The van der Waals surface area contributed by atoms with E-state index in [1.165, 1.54) is 24.3 Å². The first-order valence-electron chi connectivity index (χ1n) is 3.69. The molecular formula is C7H9N2NaO4S2. The maximum absolute atomic E-state index is 10.7. The molecule has 0 spiro atoms. The van der Waals surface area contributed by atoms with Crippen LogP contribution in [-0.2, 0) is 10.1 Å². The monoisotopic (exact) mass is 272 g/mol. The molecule has 0 radical (unpaired) electrons. The molecule has 84 valence electrons. The topological polar surface area (TPSA) is 109 Å². The van der Waals surface area contributed by atoms with Crippen LogP contribution in [0.25, 0.3) is 0 Å². The van der Waals surface area contributed by atoms with E-state index in [4.69, 9.17) is 10.3 Å². The first-order chi connectivity index (χ1) is 6.89. The fraction of sp³-hybridized carbons (Fsp3) is 0. The molecule has 6 nitrogen and oxygen atoms in total. The molecule has 0 fully saturated rings. The second kappa shape index (κ2) is 6.48. The predicted molar refractivity (Wildman–Crippen MR) is 62.0 cm³/mol. The van der Waals surface area contributed by atoms with Gasteiger partial charge < -0.3 is 5.73 Å². The Morgan fingerprint density at radius 2 is 1.81 bits per heavy atom. The summed E-state index contributed by atoms with van der Waals surface area (Å²) in [5.41, 5.74) is 4.83. The quantitative estimate of drug-likeness (QED) is 0.406. The zero-order chi connectivity index (χ0) is 11.5. The van der Waals surface area contributed by atoms with Crippen LogP contribution in [-0.4, -0.2) is 48.6 Å². The molecular weight excluding hydrogens is 263 g/mol. The van der Waals surface area contributed by atoms with E-state index >= 15 is 0 Å². The van der Waals surface area contributed by atoms with Crippen molar-refractivity contribution in [2.45, 2.75) is 9.79 Å². The van der Waals surface area contributed by atoms with Crippen LogP contribution in [0, 0.1) is 0 Å². The van der Waals surface area contributed by atoms with Gasteiger partial charge in [-0.3, -0.25) is 9.27 Å². The molecule has 2 amide bonds. The third kappa shape index (κ3) is 5.19. The number of primary amides is 1. The van der Waals surface area contributed by atoms with Crippen molar-refractivity contribution in [3.63, 3.8) is 0 Å². The molecule has 4 N–H and O–H groups in total. The van der Waals surface area contributed by atoms with Crippen molar-refractivity contribution in [1.82, 2.24) is 4.72 Å². The van der Waals surface area contributed by atoms with Crippen LogP contribution in [0.5, 0.6) is 0 Å². The summed E-state index contributed by atoms with van der Waals surface area (Å²) in [5.74, 6) is 0. The number of nitrogens with two attached hydrogens (primary N) is 1. The van der Waals surface area contributed by atoms with Gasteiger partial charge in [-0.15, -0.1) is 0 Å². The molecule has 0 aromatic heterocycles. The summed E-state index contributed by atoms with van der Waals surface area (Å²) < 4.78 is 32.3. The molecule has 0 saturated heterocycles. The second-order valence-electron chi connectivity index (χ2n) is 2.51. The van der Waals surface area contributed by atoms with Crippen molar-refractivity contribution < 1.29 is 17.8 Å². The van der Waals surface area contributed by atoms with Crippen molar-refractivity contribution in [1.29, 1.82) is 0 Å². The van der Waals surface area contributed by atoms with Crippen LogP contribution in [0.4, 0.5) is 4.79 Å². The zero-order valence-corrected chi connectivity index (χ0v) is 9.01. The first-order valence-corrected chi connectivity index (χ1v) is 5.95. The van der Waals surface area contributed by atoms with Gasteiger partial charge >= 0.3 is 35.6 Å². The number of carbonyl (C=O) groups excluding carboxylic acids is 1. The van der Waals surface area contributed by atoms with Crippen molar-refractivity contribution in [2.75, 3.05) is 0 Å². The molecule has 0 unspecified atom stereocenters. The average Bonchev–Trinajstić information content (AvgIpc) is 2.14. The third-order valence-corrected chi connectivity index (χ3v) is 3.07. The summed E-state index contributed by atoms with van der Waals surface area (Å²) in [6.45, 7) is 0. The molecule has 9 heteroatoms. The molecule has 0 aliphatic carbocycles. The van der Waals surface area contributed by atoms with Gasteiger partial charge in [-0.1, -0.05) is 0 Å². The Kier molecular flexibility index (Phi) is 6.38. The minimum atomic E-state index is -4.17. The Balaban J connectivity index is 0.00000225. The Morgan fingerprint density at radius 3 is 2.19 bits per heavy atom. The van der Waals surface area contributed by atoms with E-state index in [0.717, 1.165) is 11.9 Å². The van der Waals surface area contributed by atoms with Gasteiger partial charge in [0.15, 0.2) is 0 Å². The van der Waals surface area contributed by atoms with Gasteiger partial charge in [-0.2, -0.15) is 8.42 Å². The number of nitrogens with one attached hydrogen (secondary N) is 1. The molecule has 1 aromatic carbocycles. The van der Waals surface area contributed by atoms with Crippen LogP contribution >= 0.6 is 11.9 Å². The number of urea groups is 1. The van der Waals surface area contributed by atoms with E-state index in [9.17, 15) is 13.2 Å². The number of hydrogen-bond donors (Lipinski definition) is 3. The Labute approximate surface area is 119 Å². The minimum absolute atomic E-state index is 0. The van der Waals surface area contributed by atoms with Gasteiger partial charge in [0.1, 0.15) is 0 Å². The third-order valence-electron chi connectivity index (χ3n) is 1.39. The van der Waals surface area contributed by atoms with Crippen LogP contribution in [0.1, 0.15) is 0 Å². The van der Waals surface area contributed by atoms with E-state index in [1.807, 2.05) is 0 Å². The molecule has 0 saturated carbocycles. The summed E-state index contributed by atoms with van der Waals surface area (Å²) in [5, 5.41) is 0. The second-order valence-corrected chi connectivity index (χ2v) is 4.82. The number of benzene rings is 1. The number of rotatable bonds is 3. The molecule has 1 aromatic rings. The van der Waals surface area contributed by atoms with E-state index < -0.39 is 16.1 Å². The van der Waals surface area contributed by atoms with Gasteiger partial charge in [0.2, 0.25) is 0 Å². The van der Waals surface area contributed by atoms with E-state index in [0.29, 0.717) is 4.90 Å². The summed E-state index contributed by atoms with van der Waals surface area (Å²) in [4.78, 5) is 10.7. The van der Waals surface area contributed by atoms with E-state index in [1.54, 1.807) is 0 Å². The van der Waals surface area contributed by atoms with Gasteiger partial charge in [-0.25, -0.2) is 4.79 Å². The van der Waals surface area contributed by atoms with Crippen LogP contribution in [0.3, 0.4) is 0 Å². The summed E-state index contributed by atoms with van der Waals surface area (Å²) in [6.07, 6.45) is 0. The molecule has 0 heterocycles. The van der Waals surface area contributed by atoms with Crippen LogP contribution in [0.2, 0.25) is 0 Å². The van der Waals surface area contributed by atoms with Crippen LogP contribution in [0.15, 0.2) is 34.1 Å². The van der Waals surface area contributed by atoms with Gasteiger partial charge in [-0.05, 0) is 36.2 Å². The average molecular weight is 272 g/mol. The van der Waals surface area contributed by atoms with Crippen molar-refractivity contribution in [3.8, 4) is 0 Å². The van der Waals surface area contributed by atoms with Crippen molar-refractivity contribution in [2.24, 2.45) is 5.73 Å². The van der Waals surface area contributed by atoms with E-state index in [-0.39, 0.29) is 34.5 Å². The first kappa shape index (κ1) is 15.8. The van der Waals surface area contributed by atoms with Crippen molar-refractivity contribution >= 4 is 57.7 Å². The predicted octanol–water partition coefficient (Wildman–Crippen LogP) is -0.0398. The summed E-state index contributed by atoms with van der Waals surface area (Å²) in [6, 6.07) is 4.62. The molecule has 0 aliphatic rings. The number of carbonyl (C=O) groups is 1. The Bertz CT molecular complexity index is 460. The van der Waals surface area contributed by atoms with E-state index in [2.05, 4.69) is 4.72 Å². The van der Waals surface area contributed by atoms with Crippen molar-refractivity contribution in [3.05, 3.63) is 24.3 Å². The normalized spacial score (nSPS) is 10.3. The standard InChI is InChI=1S/C7H8N2O4S2.Na.H/c8-7(10)9-14-5-1-3-6(4-2-5)15(11,12)13;;/h1-4H,(H3,8,9,10)(H,11,12,13);;. The Hall–Kier alpha value is -0.250. The SMILES string of the molecule is NC(=O)NSc1ccc(S(=O)(=O)O)cc1.[NaH]. The van der Waals surface area contributed by atoms with Gasteiger partial charge in [0, 0.05) is 4.90 Å².